The average molecular weight is 287 g/mol. The predicted octanol–water partition coefficient (Wildman–Crippen LogP) is 3.35. The Kier molecular flexibility index (Phi) is 5.00. The second-order valence-electron chi connectivity index (χ2n) is 4.93. The zero-order valence-corrected chi connectivity index (χ0v) is 12.4. The minimum absolute atomic E-state index is 0.0131. The van der Waals surface area contributed by atoms with Crippen LogP contribution >= 0.6 is 0 Å². The first kappa shape index (κ1) is 15.1. The number of urea groups is 1. The van der Waals surface area contributed by atoms with Crippen molar-refractivity contribution in [3.05, 3.63) is 54.0 Å². The molecule has 0 fully saturated rings. The Labute approximate surface area is 124 Å². The topological polar surface area (TPSA) is 71.5 Å². The minimum atomic E-state index is -0.151. The normalized spacial score (nSPS) is 12.0. The number of carbonyl (C=O) groups is 1. The summed E-state index contributed by atoms with van der Waals surface area (Å²) in [4.78, 5) is 13.9. The lowest BCUT2D eigenvalue weighted by Crippen LogP contribution is -2.34. The molecule has 0 aliphatic rings. The van der Waals surface area contributed by atoms with Gasteiger partial charge in [-0.2, -0.15) is 0 Å². The highest BCUT2D eigenvalue weighted by Crippen LogP contribution is 2.15. The molecule has 21 heavy (non-hydrogen) atoms. The summed E-state index contributed by atoms with van der Waals surface area (Å²) in [5, 5.41) is 2.88. The molecule has 1 atom stereocenters. The van der Waals surface area contributed by atoms with Crippen LogP contribution in [0.2, 0.25) is 0 Å². The fourth-order valence-corrected chi connectivity index (χ4v) is 1.99. The van der Waals surface area contributed by atoms with Gasteiger partial charge in [0.15, 0.2) is 0 Å². The highest BCUT2D eigenvalue weighted by Gasteiger charge is 2.13. The smallest absolute Gasteiger partial charge is 0.322 e. The van der Waals surface area contributed by atoms with E-state index in [1.165, 1.54) is 0 Å². The fourth-order valence-electron chi connectivity index (χ4n) is 1.99. The molecule has 0 spiro atoms. The highest BCUT2D eigenvalue weighted by atomic mass is 16.3. The Morgan fingerprint density at radius 1 is 1.33 bits per heavy atom. The molecule has 1 aromatic carbocycles. The molecule has 112 valence electrons. The van der Waals surface area contributed by atoms with Crippen molar-refractivity contribution in [2.75, 3.05) is 11.9 Å². The van der Waals surface area contributed by atoms with Crippen LogP contribution in [0.15, 0.2) is 47.1 Å². The van der Waals surface area contributed by atoms with Gasteiger partial charge in [0.05, 0.1) is 12.8 Å². The van der Waals surface area contributed by atoms with Crippen LogP contribution in [0.1, 0.15) is 31.2 Å². The van der Waals surface area contributed by atoms with Crippen molar-refractivity contribution >= 4 is 11.7 Å². The second-order valence-corrected chi connectivity index (χ2v) is 4.93. The Morgan fingerprint density at radius 3 is 2.57 bits per heavy atom. The van der Waals surface area contributed by atoms with Gasteiger partial charge < -0.3 is 20.4 Å². The van der Waals surface area contributed by atoms with Crippen molar-refractivity contribution in [3.8, 4) is 0 Å². The Bertz CT molecular complexity index is 562. The van der Waals surface area contributed by atoms with E-state index in [1.54, 1.807) is 11.2 Å². The molecule has 0 aliphatic heterocycles. The van der Waals surface area contributed by atoms with Gasteiger partial charge in [0.1, 0.15) is 5.76 Å². The van der Waals surface area contributed by atoms with Crippen LogP contribution in [-0.4, -0.2) is 17.5 Å². The quantitative estimate of drug-likeness (QED) is 0.885. The maximum atomic E-state index is 12.2. The standard InChI is InChI=1S/C16H21N3O2/c1-3-19(11-15-5-4-10-21-15)16(20)18-14-8-6-13(7-9-14)12(2)17/h4-10,12H,3,11,17H2,1-2H3,(H,18,20). The van der Waals surface area contributed by atoms with E-state index < -0.39 is 0 Å². The number of nitrogens with two attached hydrogens (primary N) is 1. The second kappa shape index (κ2) is 6.95. The predicted molar refractivity (Wildman–Crippen MR) is 82.9 cm³/mol. The first-order valence-electron chi connectivity index (χ1n) is 7.04. The molecule has 0 saturated heterocycles. The van der Waals surface area contributed by atoms with Gasteiger partial charge in [-0.3, -0.25) is 0 Å². The van der Waals surface area contributed by atoms with Gasteiger partial charge in [-0.05, 0) is 43.7 Å². The van der Waals surface area contributed by atoms with E-state index in [2.05, 4.69) is 5.32 Å². The van der Waals surface area contributed by atoms with E-state index in [1.807, 2.05) is 50.2 Å². The van der Waals surface area contributed by atoms with Crippen molar-refractivity contribution in [2.24, 2.45) is 5.73 Å². The molecule has 2 aromatic rings. The number of anilines is 1. The van der Waals surface area contributed by atoms with Crippen LogP contribution in [0.4, 0.5) is 10.5 Å². The lowest BCUT2D eigenvalue weighted by molar-refractivity contribution is 0.207. The molecular formula is C16H21N3O2. The Hall–Kier alpha value is -2.27. The number of nitrogens with zero attached hydrogens (tertiary/aromatic N) is 1. The summed E-state index contributed by atoms with van der Waals surface area (Å²) in [7, 11) is 0. The summed E-state index contributed by atoms with van der Waals surface area (Å²) in [6.45, 7) is 4.91. The van der Waals surface area contributed by atoms with Crippen LogP contribution < -0.4 is 11.1 Å². The van der Waals surface area contributed by atoms with Crippen molar-refractivity contribution in [2.45, 2.75) is 26.4 Å². The average Bonchev–Trinajstić information content (AvgIpc) is 2.98. The third-order valence-corrected chi connectivity index (χ3v) is 3.28. The summed E-state index contributed by atoms with van der Waals surface area (Å²) >= 11 is 0. The lowest BCUT2D eigenvalue weighted by Gasteiger charge is -2.20. The number of nitrogens with one attached hydrogen (secondary N) is 1. The van der Waals surface area contributed by atoms with Gasteiger partial charge in [-0.25, -0.2) is 4.79 Å². The first-order valence-corrected chi connectivity index (χ1v) is 7.04. The molecule has 0 radical (unpaired) electrons. The molecule has 5 heteroatoms. The number of carbonyl (C=O) groups excluding carboxylic acids is 1. The van der Waals surface area contributed by atoms with Crippen LogP contribution in [0.3, 0.4) is 0 Å². The van der Waals surface area contributed by atoms with Gasteiger partial charge >= 0.3 is 6.03 Å². The molecule has 2 rings (SSSR count). The van der Waals surface area contributed by atoms with Gasteiger partial charge in [0.2, 0.25) is 0 Å². The molecule has 1 aromatic heterocycles. The molecule has 0 aliphatic carbocycles. The SMILES string of the molecule is CCN(Cc1ccco1)C(=O)Nc1ccc(C(C)N)cc1. The molecular weight excluding hydrogens is 266 g/mol. The van der Waals surface area contributed by atoms with Crippen LogP contribution in [0.5, 0.6) is 0 Å². The third-order valence-electron chi connectivity index (χ3n) is 3.28. The van der Waals surface area contributed by atoms with Crippen molar-refractivity contribution in [1.82, 2.24) is 4.90 Å². The molecule has 0 saturated carbocycles. The lowest BCUT2D eigenvalue weighted by atomic mass is 10.1. The Morgan fingerprint density at radius 2 is 2.05 bits per heavy atom. The molecule has 2 amide bonds. The van der Waals surface area contributed by atoms with E-state index in [4.69, 9.17) is 10.2 Å². The van der Waals surface area contributed by atoms with Crippen molar-refractivity contribution in [1.29, 1.82) is 0 Å². The first-order chi connectivity index (χ1) is 10.1. The molecule has 1 unspecified atom stereocenters. The summed E-state index contributed by atoms with van der Waals surface area (Å²) in [5.41, 5.74) is 7.59. The summed E-state index contributed by atoms with van der Waals surface area (Å²) in [6.07, 6.45) is 1.60. The molecule has 5 nitrogen and oxygen atoms in total. The molecule has 1 heterocycles. The van der Waals surface area contributed by atoms with Crippen molar-refractivity contribution < 1.29 is 9.21 Å². The monoisotopic (exact) mass is 287 g/mol. The number of hydrogen-bond acceptors (Lipinski definition) is 3. The maximum absolute atomic E-state index is 12.2. The summed E-state index contributed by atoms with van der Waals surface area (Å²) < 4.78 is 5.27. The number of amides is 2. The van der Waals surface area contributed by atoms with E-state index in [0.717, 1.165) is 17.0 Å². The van der Waals surface area contributed by atoms with Gasteiger partial charge in [0, 0.05) is 18.3 Å². The molecule has 0 bridgehead atoms. The van der Waals surface area contributed by atoms with E-state index in [0.29, 0.717) is 13.1 Å². The molecule has 3 N–H and O–H groups in total. The summed E-state index contributed by atoms with van der Waals surface area (Å²) in [5.74, 6) is 0.763. The number of benzene rings is 1. The maximum Gasteiger partial charge on any atom is 0.322 e. The van der Waals surface area contributed by atoms with E-state index >= 15 is 0 Å². The van der Waals surface area contributed by atoms with Crippen LogP contribution in [0, 0.1) is 0 Å². The fraction of sp³-hybridized carbons (Fsp3) is 0.312. The Balaban J connectivity index is 1.98. The largest absolute Gasteiger partial charge is 0.467 e. The van der Waals surface area contributed by atoms with Gasteiger partial charge in [0.25, 0.3) is 0 Å². The zero-order chi connectivity index (χ0) is 15.2. The number of rotatable bonds is 5. The third kappa shape index (κ3) is 4.10. The number of hydrogen-bond donors (Lipinski definition) is 2. The van der Waals surface area contributed by atoms with Crippen LogP contribution in [-0.2, 0) is 6.54 Å². The van der Waals surface area contributed by atoms with E-state index in [9.17, 15) is 4.79 Å². The highest BCUT2D eigenvalue weighted by molar-refractivity contribution is 5.89. The summed E-state index contributed by atoms with van der Waals surface area (Å²) in [6, 6.07) is 11.1. The van der Waals surface area contributed by atoms with E-state index in [-0.39, 0.29) is 12.1 Å². The van der Waals surface area contributed by atoms with Crippen molar-refractivity contribution in [3.63, 3.8) is 0 Å². The number of furan rings is 1. The van der Waals surface area contributed by atoms with Gasteiger partial charge in [-0.15, -0.1) is 0 Å². The minimum Gasteiger partial charge on any atom is -0.467 e. The zero-order valence-electron chi connectivity index (χ0n) is 12.4. The van der Waals surface area contributed by atoms with Gasteiger partial charge in [-0.1, -0.05) is 12.1 Å². The van der Waals surface area contributed by atoms with Crippen LogP contribution in [0.25, 0.3) is 0 Å².